The van der Waals surface area contributed by atoms with Crippen LogP contribution < -0.4 is 0 Å². The molecule has 0 aromatic carbocycles. The van der Waals surface area contributed by atoms with Gasteiger partial charge in [-0.05, 0) is 18.8 Å². The highest BCUT2D eigenvalue weighted by Gasteiger charge is 2.37. The number of rotatable bonds is 2. The highest BCUT2D eigenvalue weighted by molar-refractivity contribution is 5.51. The van der Waals surface area contributed by atoms with Crippen molar-refractivity contribution < 1.29 is 9.90 Å². The SMILES string of the molecule is CC1CCCC1(O)CC=O. The smallest absolute Gasteiger partial charge is 0.122 e. The van der Waals surface area contributed by atoms with Crippen LogP contribution in [-0.2, 0) is 4.79 Å². The molecule has 1 aliphatic rings. The summed E-state index contributed by atoms with van der Waals surface area (Å²) in [4.78, 5) is 10.2. The molecule has 2 nitrogen and oxygen atoms in total. The number of hydrogen-bond donors (Lipinski definition) is 1. The van der Waals surface area contributed by atoms with Crippen LogP contribution in [0, 0.1) is 5.92 Å². The quantitative estimate of drug-likeness (QED) is 0.587. The van der Waals surface area contributed by atoms with Crippen molar-refractivity contribution in [2.24, 2.45) is 5.92 Å². The zero-order valence-electron chi connectivity index (χ0n) is 6.34. The third-order valence-corrected chi connectivity index (χ3v) is 2.60. The Hall–Kier alpha value is -0.370. The molecule has 2 atom stereocenters. The molecule has 2 heteroatoms. The molecule has 1 N–H and O–H groups in total. The number of carbonyl (C=O) groups excluding carboxylic acids is 1. The summed E-state index contributed by atoms with van der Waals surface area (Å²) >= 11 is 0. The second-order valence-electron chi connectivity index (χ2n) is 3.27. The van der Waals surface area contributed by atoms with E-state index in [0.717, 1.165) is 25.5 Å². The lowest BCUT2D eigenvalue weighted by atomic mass is 9.90. The molecule has 2 unspecified atom stereocenters. The van der Waals surface area contributed by atoms with Crippen molar-refractivity contribution >= 4 is 6.29 Å². The van der Waals surface area contributed by atoms with Gasteiger partial charge in [0.1, 0.15) is 6.29 Å². The van der Waals surface area contributed by atoms with Gasteiger partial charge in [-0.2, -0.15) is 0 Å². The number of carbonyl (C=O) groups is 1. The first kappa shape index (κ1) is 7.73. The zero-order chi connectivity index (χ0) is 7.61. The van der Waals surface area contributed by atoms with Crippen molar-refractivity contribution in [2.45, 2.75) is 38.2 Å². The lowest BCUT2D eigenvalue weighted by Gasteiger charge is -2.24. The fourth-order valence-corrected chi connectivity index (χ4v) is 1.68. The second-order valence-corrected chi connectivity index (χ2v) is 3.27. The fraction of sp³-hybridized carbons (Fsp3) is 0.875. The molecular formula is C8H14O2. The van der Waals surface area contributed by atoms with E-state index in [9.17, 15) is 9.90 Å². The van der Waals surface area contributed by atoms with Crippen molar-refractivity contribution in [3.63, 3.8) is 0 Å². The third-order valence-electron chi connectivity index (χ3n) is 2.60. The van der Waals surface area contributed by atoms with Gasteiger partial charge in [0.2, 0.25) is 0 Å². The average Bonchev–Trinajstić information content (AvgIpc) is 2.15. The third kappa shape index (κ3) is 1.21. The van der Waals surface area contributed by atoms with Crippen LogP contribution in [0.2, 0.25) is 0 Å². The van der Waals surface area contributed by atoms with Crippen LogP contribution in [0.5, 0.6) is 0 Å². The normalized spacial score (nSPS) is 40.0. The molecule has 0 aromatic rings. The van der Waals surface area contributed by atoms with Gasteiger partial charge in [-0.15, -0.1) is 0 Å². The van der Waals surface area contributed by atoms with Crippen molar-refractivity contribution in [3.8, 4) is 0 Å². The molecule has 1 fully saturated rings. The maximum atomic E-state index is 10.2. The summed E-state index contributed by atoms with van der Waals surface area (Å²) in [5.41, 5.74) is -0.665. The Balaban J connectivity index is 2.56. The minimum absolute atomic E-state index is 0.303. The van der Waals surface area contributed by atoms with E-state index in [-0.39, 0.29) is 0 Å². The predicted molar refractivity (Wildman–Crippen MR) is 38.6 cm³/mol. The minimum atomic E-state index is -0.665. The fourth-order valence-electron chi connectivity index (χ4n) is 1.68. The Morgan fingerprint density at radius 1 is 1.80 bits per heavy atom. The molecule has 1 rings (SSSR count). The Morgan fingerprint density at radius 2 is 2.50 bits per heavy atom. The first-order valence-corrected chi connectivity index (χ1v) is 3.85. The maximum Gasteiger partial charge on any atom is 0.122 e. The van der Waals surface area contributed by atoms with E-state index < -0.39 is 5.60 Å². The molecular weight excluding hydrogens is 128 g/mol. The average molecular weight is 142 g/mol. The van der Waals surface area contributed by atoms with Gasteiger partial charge >= 0.3 is 0 Å². The lowest BCUT2D eigenvalue weighted by molar-refractivity contribution is -0.113. The number of aliphatic hydroxyl groups is 1. The van der Waals surface area contributed by atoms with Crippen LogP contribution in [-0.4, -0.2) is 17.0 Å². The molecule has 0 bridgehead atoms. The van der Waals surface area contributed by atoms with Gasteiger partial charge in [-0.25, -0.2) is 0 Å². The topological polar surface area (TPSA) is 37.3 Å². The second kappa shape index (κ2) is 2.70. The van der Waals surface area contributed by atoms with E-state index in [1.165, 1.54) is 0 Å². The zero-order valence-corrected chi connectivity index (χ0v) is 6.34. The van der Waals surface area contributed by atoms with E-state index in [0.29, 0.717) is 12.3 Å². The molecule has 0 aliphatic heterocycles. The van der Waals surface area contributed by atoms with Crippen LogP contribution in [0.15, 0.2) is 0 Å². The van der Waals surface area contributed by atoms with Crippen LogP contribution in [0.3, 0.4) is 0 Å². The van der Waals surface area contributed by atoms with E-state index in [4.69, 9.17) is 0 Å². The van der Waals surface area contributed by atoms with Gasteiger partial charge in [0.15, 0.2) is 0 Å². The van der Waals surface area contributed by atoms with E-state index in [1.807, 2.05) is 6.92 Å². The minimum Gasteiger partial charge on any atom is -0.389 e. The summed E-state index contributed by atoms with van der Waals surface area (Å²) in [6.45, 7) is 2.01. The van der Waals surface area contributed by atoms with Crippen molar-refractivity contribution in [1.29, 1.82) is 0 Å². The Morgan fingerprint density at radius 3 is 2.90 bits per heavy atom. The van der Waals surface area contributed by atoms with Crippen LogP contribution in [0.25, 0.3) is 0 Å². The van der Waals surface area contributed by atoms with Crippen LogP contribution >= 0.6 is 0 Å². The highest BCUT2D eigenvalue weighted by atomic mass is 16.3. The van der Waals surface area contributed by atoms with E-state index >= 15 is 0 Å². The first-order valence-electron chi connectivity index (χ1n) is 3.85. The van der Waals surface area contributed by atoms with Gasteiger partial charge in [-0.1, -0.05) is 13.3 Å². The molecule has 0 heterocycles. The predicted octanol–water partition coefficient (Wildman–Crippen LogP) is 1.13. The van der Waals surface area contributed by atoms with E-state index in [2.05, 4.69) is 0 Å². The van der Waals surface area contributed by atoms with Crippen molar-refractivity contribution in [2.75, 3.05) is 0 Å². The summed E-state index contributed by atoms with van der Waals surface area (Å²) in [5, 5.41) is 9.73. The van der Waals surface area contributed by atoms with Gasteiger partial charge in [0.25, 0.3) is 0 Å². The van der Waals surface area contributed by atoms with Gasteiger partial charge < -0.3 is 9.90 Å². The first-order chi connectivity index (χ1) is 4.69. The standard InChI is InChI=1S/C8H14O2/c1-7-3-2-4-8(7,10)5-6-9/h6-7,10H,2-5H2,1H3. The summed E-state index contributed by atoms with van der Waals surface area (Å²) in [6.07, 6.45) is 4.05. The number of hydrogen-bond acceptors (Lipinski definition) is 2. The molecule has 0 aromatic heterocycles. The highest BCUT2D eigenvalue weighted by Crippen LogP contribution is 2.36. The molecule has 1 saturated carbocycles. The maximum absolute atomic E-state index is 10.2. The summed E-state index contributed by atoms with van der Waals surface area (Å²) in [5.74, 6) is 0.303. The Labute approximate surface area is 61.2 Å². The largest absolute Gasteiger partial charge is 0.389 e. The Bertz CT molecular complexity index is 133. The van der Waals surface area contributed by atoms with Crippen molar-refractivity contribution in [3.05, 3.63) is 0 Å². The number of aldehydes is 1. The monoisotopic (exact) mass is 142 g/mol. The van der Waals surface area contributed by atoms with Crippen LogP contribution in [0.4, 0.5) is 0 Å². The molecule has 10 heavy (non-hydrogen) atoms. The van der Waals surface area contributed by atoms with E-state index in [1.54, 1.807) is 0 Å². The summed E-state index contributed by atoms with van der Waals surface area (Å²) in [7, 11) is 0. The summed E-state index contributed by atoms with van der Waals surface area (Å²) < 4.78 is 0. The van der Waals surface area contributed by atoms with Crippen molar-refractivity contribution in [1.82, 2.24) is 0 Å². The summed E-state index contributed by atoms with van der Waals surface area (Å²) in [6, 6.07) is 0. The van der Waals surface area contributed by atoms with Gasteiger partial charge in [0.05, 0.1) is 5.60 Å². The molecule has 58 valence electrons. The molecule has 0 saturated heterocycles. The van der Waals surface area contributed by atoms with Gasteiger partial charge in [-0.3, -0.25) is 0 Å². The van der Waals surface area contributed by atoms with Gasteiger partial charge in [0, 0.05) is 6.42 Å². The van der Waals surface area contributed by atoms with Crippen LogP contribution in [0.1, 0.15) is 32.6 Å². The molecule has 1 aliphatic carbocycles. The molecule has 0 radical (unpaired) electrons. The molecule has 0 spiro atoms. The molecule has 0 amide bonds. The lowest BCUT2D eigenvalue weighted by Crippen LogP contribution is -2.31. The Kier molecular flexibility index (Phi) is 2.09.